The molecule has 2 aromatic rings. The van der Waals surface area contributed by atoms with Gasteiger partial charge >= 0.3 is 0 Å². The van der Waals surface area contributed by atoms with Crippen LogP contribution in [0.1, 0.15) is 15.9 Å². The molecule has 0 radical (unpaired) electrons. The Bertz CT molecular complexity index is 613. The first-order valence-corrected chi connectivity index (χ1v) is 6.65. The number of rotatable bonds is 4. The molecule has 0 fully saturated rings. The van der Waals surface area contributed by atoms with Crippen LogP contribution < -0.4 is 5.32 Å². The van der Waals surface area contributed by atoms with Crippen LogP contribution in [0.15, 0.2) is 46.9 Å². The van der Waals surface area contributed by atoms with E-state index in [0.29, 0.717) is 11.1 Å². The van der Waals surface area contributed by atoms with E-state index in [-0.39, 0.29) is 18.1 Å². The van der Waals surface area contributed by atoms with Crippen LogP contribution in [0.5, 0.6) is 0 Å². The van der Waals surface area contributed by atoms with Crippen molar-refractivity contribution in [2.75, 3.05) is 11.9 Å². The van der Waals surface area contributed by atoms with E-state index >= 15 is 0 Å². The molecule has 0 saturated heterocycles. The Morgan fingerprint density at radius 1 is 1.26 bits per heavy atom. The van der Waals surface area contributed by atoms with Gasteiger partial charge < -0.3 is 5.32 Å². The lowest BCUT2D eigenvalue weighted by Crippen LogP contribution is -2.14. The summed E-state index contributed by atoms with van der Waals surface area (Å²) in [6.45, 7) is 1.80. The van der Waals surface area contributed by atoms with Gasteiger partial charge in [0, 0.05) is 15.7 Å². The zero-order valence-corrected chi connectivity index (χ0v) is 12.0. The summed E-state index contributed by atoms with van der Waals surface area (Å²) in [4.78, 5) is 11.9. The van der Waals surface area contributed by atoms with E-state index in [2.05, 4.69) is 21.2 Å². The van der Waals surface area contributed by atoms with Gasteiger partial charge in [0.05, 0.1) is 6.54 Å². The number of para-hydroxylation sites is 1. The molecule has 0 bridgehead atoms. The number of ketones is 1. The molecule has 0 spiro atoms. The highest BCUT2D eigenvalue weighted by molar-refractivity contribution is 9.10. The van der Waals surface area contributed by atoms with Crippen LogP contribution in [0.2, 0.25) is 0 Å². The van der Waals surface area contributed by atoms with Crippen molar-refractivity contribution >= 4 is 27.4 Å². The zero-order chi connectivity index (χ0) is 13.8. The van der Waals surface area contributed by atoms with E-state index in [0.717, 1.165) is 10.2 Å². The minimum absolute atomic E-state index is 0.130. The Hall–Kier alpha value is -1.68. The lowest BCUT2D eigenvalue weighted by molar-refractivity contribution is 0.101. The third kappa shape index (κ3) is 3.41. The number of anilines is 1. The maximum absolute atomic E-state index is 13.4. The van der Waals surface area contributed by atoms with Crippen molar-refractivity contribution in [1.29, 1.82) is 0 Å². The summed E-state index contributed by atoms with van der Waals surface area (Å²) in [5, 5.41) is 3.03. The van der Waals surface area contributed by atoms with Gasteiger partial charge in [-0.2, -0.15) is 0 Å². The second-order valence-electron chi connectivity index (χ2n) is 4.22. The Morgan fingerprint density at radius 2 is 2.00 bits per heavy atom. The lowest BCUT2D eigenvalue weighted by Gasteiger charge is -2.08. The molecule has 4 heteroatoms. The minimum Gasteiger partial charge on any atom is -0.377 e. The SMILES string of the molecule is Cc1ccc(C(=O)CNc2ccccc2Br)cc1F. The molecule has 98 valence electrons. The molecule has 0 atom stereocenters. The summed E-state index contributed by atoms with van der Waals surface area (Å²) in [7, 11) is 0. The molecule has 0 aliphatic heterocycles. The Morgan fingerprint density at radius 3 is 2.68 bits per heavy atom. The largest absolute Gasteiger partial charge is 0.377 e. The summed E-state index contributed by atoms with van der Waals surface area (Å²) in [6.07, 6.45) is 0. The maximum Gasteiger partial charge on any atom is 0.181 e. The highest BCUT2D eigenvalue weighted by Crippen LogP contribution is 2.21. The molecular weight excluding hydrogens is 309 g/mol. The molecule has 0 aromatic heterocycles. The van der Waals surface area contributed by atoms with Gasteiger partial charge in [-0.05, 0) is 46.6 Å². The van der Waals surface area contributed by atoms with E-state index in [4.69, 9.17) is 0 Å². The molecule has 2 rings (SSSR count). The number of hydrogen-bond donors (Lipinski definition) is 1. The number of benzene rings is 2. The molecule has 0 amide bonds. The predicted molar refractivity (Wildman–Crippen MR) is 78.1 cm³/mol. The van der Waals surface area contributed by atoms with Crippen molar-refractivity contribution in [2.45, 2.75) is 6.92 Å². The van der Waals surface area contributed by atoms with Gasteiger partial charge in [-0.15, -0.1) is 0 Å². The number of aryl methyl sites for hydroxylation is 1. The van der Waals surface area contributed by atoms with Crippen LogP contribution >= 0.6 is 15.9 Å². The van der Waals surface area contributed by atoms with E-state index in [1.165, 1.54) is 6.07 Å². The first-order valence-electron chi connectivity index (χ1n) is 5.85. The molecule has 1 N–H and O–H groups in total. The van der Waals surface area contributed by atoms with Gasteiger partial charge in [0.15, 0.2) is 5.78 Å². The molecule has 0 unspecified atom stereocenters. The Balaban J connectivity index is 2.05. The molecule has 0 saturated carbocycles. The monoisotopic (exact) mass is 321 g/mol. The zero-order valence-electron chi connectivity index (χ0n) is 10.4. The molecule has 0 aliphatic carbocycles. The van der Waals surface area contributed by atoms with E-state index in [9.17, 15) is 9.18 Å². The number of carbonyl (C=O) groups is 1. The summed E-state index contributed by atoms with van der Waals surface area (Å²) < 4.78 is 14.3. The van der Waals surface area contributed by atoms with Crippen molar-refractivity contribution in [3.8, 4) is 0 Å². The van der Waals surface area contributed by atoms with Gasteiger partial charge in [0.1, 0.15) is 5.82 Å². The summed E-state index contributed by atoms with van der Waals surface area (Å²) >= 11 is 3.39. The molecule has 2 nitrogen and oxygen atoms in total. The topological polar surface area (TPSA) is 29.1 Å². The summed E-state index contributed by atoms with van der Waals surface area (Å²) in [5.41, 5.74) is 1.75. The molecular formula is C15H13BrFNO. The second kappa shape index (κ2) is 5.97. The number of hydrogen-bond acceptors (Lipinski definition) is 2. The van der Waals surface area contributed by atoms with E-state index in [1.807, 2.05) is 24.3 Å². The average molecular weight is 322 g/mol. The fraction of sp³-hybridized carbons (Fsp3) is 0.133. The smallest absolute Gasteiger partial charge is 0.181 e. The highest BCUT2D eigenvalue weighted by atomic mass is 79.9. The minimum atomic E-state index is -0.355. The molecule has 0 aliphatic rings. The summed E-state index contributed by atoms with van der Waals surface area (Å²) in [5.74, 6) is -0.499. The molecule has 2 aromatic carbocycles. The first kappa shape index (κ1) is 13.7. The van der Waals surface area contributed by atoms with Crippen molar-refractivity contribution in [2.24, 2.45) is 0 Å². The van der Waals surface area contributed by atoms with Crippen LogP contribution in [-0.2, 0) is 0 Å². The van der Waals surface area contributed by atoms with Gasteiger partial charge in [0.25, 0.3) is 0 Å². The van der Waals surface area contributed by atoms with Crippen LogP contribution in [0.4, 0.5) is 10.1 Å². The standard InChI is InChI=1S/C15H13BrFNO/c1-10-6-7-11(8-13(10)17)15(19)9-18-14-5-3-2-4-12(14)16/h2-8,18H,9H2,1H3. The number of nitrogens with one attached hydrogen (secondary N) is 1. The first-order chi connectivity index (χ1) is 9.08. The van der Waals surface area contributed by atoms with Crippen LogP contribution in [-0.4, -0.2) is 12.3 Å². The van der Waals surface area contributed by atoms with Gasteiger partial charge in [-0.3, -0.25) is 4.79 Å². The van der Waals surface area contributed by atoms with Crippen LogP contribution in [0.3, 0.4) is 0 Å². The third-order valence-electron chi connectivity index (χ3n) is 2.81. The summed E-state index contributed by atoms with van der Waals surface area (Å²) in [6, 6.07) is 12.1. The number of Topliss-reactive ketones (excluding diaryl/α,β-unsaturated/α-hetero) is 1. The fourth-order valence-electron chi connectivity index (χ4n) is 1.65. The van der Waals surface area contributed by atoms with Gasteiger partial charge in [-0.1, -0.05) is 24.3 Å². The van der Waals surface area contributed by atoms with Crippen molar-refractivity contribution in [1.82, 2.24) is 0 Å². The molecule has 0 heterocycles. The normalized spacial score (nSPS) is 10.3. The van der Waals surface area contributed by atoms with Crippen LogP contribution in [0, 0.1) is 12.7 Å². The average Bonchev–Trinajstić information content (AvgIpc) is 2.40. The quantitative estimate of drug-likeness (QED) is 0.855. The predicted octanol–water partition coefficient (Wildman–Crippen LogP) is 4.19. The van der Waals surface area contributed by atoms with Crippen molar-refractivity contribution < 1.29 is 9.18 Å². The maximum atomic E-state index is 13.4. The lowest BCUT2D eigenvalue weighted by atomic mass is 10.1. The van der Waals surface area contributed by atoms with Gasteiger partial charge in [0.2, 0.25) is 0 Å². The number of halogens is 2. The second-order valence-corrected chi connectivity index (χ2v) is 5.07. The highest BCUT2D eigenvalue weighted by Gasteiger charge is 2.08. The van der Waals surface area contributed by atoms with Crippen LogP contribution in [0.25, 0.3) is 0 Å². The van der Waals surface area contributed by atoms with Crippen molar-refractivity contribution in [3.05, 3.63) is 63.9 Å². The Labute approximate surface area is 119 Å². The Kier molecular flexibility index (Phi) is 4.32. The van der Waals surface area contributed by atoms with Crippen molar-refractivity contribution in [3.63, 3.8) is 0 Å². The fourth-order valence-corrected chi connectivity index (χ4v) is 2.07. The van der Waals surface area contributed by atoms with Gasteiger partial charge in [-0.25, -0.2) is 4.39 Å². The number of carbonyl (C=O) groups excluding carboxylic acids is 1. The van der Waals surface area contributed by atoms with E-state index < -0.39 is 0 Å². The third-order valence-corrected chi connectivity index (χ3v) is 3.50. The van der Waals surface area contributed by atoms with E-state index in [1.54, 1.807) is 19.1 Å². The molecule has 19 heavy (non-hydrogen) atoms.